The number of carbonyl (C=O) groups is 3. The molecule has 1 aliphatic carbocycles. The van der Waals surface area contributed by atoms with Crippen LogP contribution in [0, 0.1) is 0 Å². The summed E-state index contributed by atoms with van der Waals surface area (Å²) < 4.78 is 5.26. The van der Waals surface area contributed by atoms with Gasteiger partial charge in [-0.15, -0.1) is 11.3 Å². The standard InChI is InChI=1S/C21H31NO5S/c1-2-27-21(26)19-15-11-9-7-5-3-4-6-8-10-12-16(15)28-20(19)22-17(23)13-14-18(24)25/h2-14H2,1H3,(H,22,23)(H,24,25)/p-1. The number of carboxylic acid groups (broad SMARTS) is 1. The molecule has 0 atom stereocenters. The minimum Gasteiger partial charge on any atom is -0.550 e. The maximum absolute atomic E-state index is 12.7. The van der Waals surface area contributed by atoms with Crippen LogP contribution < -0.4 is 10.4 Å². The number of esters is 1. The number of hydrogen-bond donors (Lipinski definition) is 1. The van der Waals surface area contributed by atoms with E-state index in [2.05, 4.69) is 5.32 Å². The highest BCUT2D eigenvalue weighted by atomic mass is 32.1. The number of rotatable bonds is 6. The number of hydrogen-bond acceptors (Lipinski definition) is 6. The zero-order valence-corrected chi connectivity index (χ0v) is 17.5. The number of nitrogens with one attached hydrogen (secondary N) is 1. The minimum absolute atomic E-state index is 0.173. The molecule has 0 saturated heterocycles. The summed E-state index contributed by atoms with van der Waals surface area (Å²) in [7, 11) is 0. The molecule has 1 aliphatic rings. The number of aryl methyl sites for hydroxylation is 1. The average Bonchev–Trinajstić information content (AvgIpc) is 2.97. The second kappa shape index (κ2) is 11.8. The minimum atomic E-state index is -1.26. The molecule has 0 fully saturated rings. The zero-order valence-electron chi connectivity index (χ0n) is 16.6. The van der Waals surface area contributed by atoms with Gasteiger partial charge in [0.25, 0.3) is 0 Å². The monoisotopic (exact) mass is 408 g/mol. The lowest BCUT2D eigenvalue weighted by Crippen LogP contribution is -2.24. The molecule has 6 nitrogen and oxygen atoms in total. The molecule has 1 aromatic heterocycles. The van der Waals surface area contributed by atoms with Gasteiger partial charge in [-0.25, -0.2) is 4.79 Å². The number of fused-ring (bicyclic) bond motifs is 1. The highest BCUT2D eigenvalue weighted by Gasteiger charge is 2.25. The van der Waals surface area contributed by atoms with Crippen LogP contribution in [0.25, 0.3) is 0 Å². The van der Waals surface area contributed by atoms with E-state index in [4.69, 9.17) is 4.74 Å². The molecule has 0 spiro atoms. The predicted octanol–water partition coefficient (Wildman–Crippen LogP) is 3.61. The van der Waals surface area contributed by atoms with Gasteiger partial charge < -0.3 is 20.0 Å². The van der Waals surface area contributed by atoms with Gasteiger partial charge in [-0.3, -0.25) is 4.79 Å². The molecule has 0 saturated carbocycles. The molecule has 156 valence electrons. The third-order valence-electron chi connectivity index (χ3n) is 4.96. The third kappa shape index (κ3) is 6.93. The Bertz CT molecular complexity index is 683. The van der Waals surface area contributed by atoms with Crippen LogP contribution in [0.4, 0.5) is 5.00 Å². The molecule has 28 heavy (non-hydrogen) atoms. The topological polar surface area (TPSA) is 95.5 Å². The molecule has 2 rings (SSSR count). The molecule has 7 heteroatoms. The smallest absolute Gasteiger partial charge is 0.341 e. The quantitative estimate of drug-likeness (QED) is 0.726. The summed E-state index contributed by atoms with van der Waals surface area (Å²) in [5, 5.41) is 13.8. The van der Waals surface area contributed by atoms with Gasteiger partial charge in [0.2, 0.25) is 5.91 Å². The lowest BCUT2D eigenvalue weighted by molar-refractivity contribution is -0.305. The van der Waals surface area contributed by atoms with E-state index in [0.29, 0.717) is 10.6 Å². The molecule has 0 aromatic carbocycles. The first-order chi connectivity index (χ1) is 13.5. The number of ether oxygens (including phenoxy) is 1. The summed E-state index contributed by atoms with van der Waals surface area (Å²) in [5.41, 5.74) is 1.46. The first-order valence-corrected chi connectivity index (χ1v) is 11.2. The predicted molar refractivity (Wildman–Crippen MR) is 107 cm³/mol. The Morgan fingerprint density at radius 1 is 0.964 bits per heavy atom. The second-order valence-corrected chi connectivity index (χ2v) is 8.28. The highest BCUT2D eigenvalue weighted by molar-refractivity contribution is 7.17. The van der Waals surface area contributed by atoms with Crippen molar-refractivity contribution in [3.05, 3.63) is 16.0 Å². The fraction of sp³-hybridized carbons (Fsp3) is 0.667. The van der Waals surface area contributed by atoms with E-state index >= 15 is 0 Å². The highest BCUT2D eigenvalue weighted by Crippen LogP contribution is 2.37. The first-order valence-electron chi connectivity index (χ1n) is 10.3. The van der Waals surface area contributed by atoms with Crippen molar-refractivity contribution >= 4 is 34.2 Å². The molecule has 1 amide bonds. The Morgan fingerprint density at radius 3 is 2.18 bits per heavy atom. The van der Waals surface area contributed by atoms with Crippen molar-refractivity contribution in [2.45, 2.75) is 84.0 Å². The number of anilines is 1. The average molecular weight is 409 g/mol. The van der Waals surface area contributed by atoms with Crippen molar-refractivity contribution in [1.29, 1.82) is 0 Å². The SMILES string of the molecule is CCOC(=O)c1c(NC(=O)CCC(=O)[O-])sc2c1CCCCCCCCCC2. The van der Waals surface area contributed by atoms with Crippen LogP contribution in [0.1, 0.15) is 91.9 Å². The van der Waals surface area contributed by atoms with Crippen LogP contribution in [0.2, 0.25) is 0 Å². The Morgan fingerprint density at radius 2 is 1.57 bits per heavy atom. The number of aliphatic carboxylic acids is 1. The Kier molecular flexibility index (Phi) is 9.47. The summed E-state index contributed by atoms with van der Waals surface area (Å²) in [6.45, 7) is 2.02. The summed E-state index contributed by atoms with van der Waals surface area (Å²) in [6, 6.07) is 0. The molecule has 0 unspecified atom stereocenters. The maximum atomic E-state index is 12.7. The van der Waals surface area contributed by atoms with E-state index in [1.54, 1.807) is 6.92 Å². The van der Waals surface area contributed by atoms with Gasteiger partial charge in [-0.05, 0) is 44.6 Å². The van der Waals surface area contributed by atoms with E-state index < -0.39 is 17.8 Å². The number of amides is 1. The number of carboxylic acids is 1. The molecule has 0 radical (unpaired) electrons. The summed E-state index contributed by atoms with van der Waals surface area (Å²) >= 11 is 1.43. The molecule has 1 heterocycles. The van der Waals surface area contributed by atoms with Crippen LogP contribution in [-0.2, 0) is 27.2 Å². The van der Waals surface area contributed by atoms with Crippen molar-refractivity contribution in [1.82, 2.24) is 0 Å². The van der Waals surface area contributed by atoms with Crippen LogP contribution in [0.15, 0.2) is 0 Å². The Balaban J connectivity index is 2.28. The molecule has 0 aliphatic heterocycles. The van der Waals surface area contributed by atoms with Crippen LogP contribution in [0.3, 0.4) is 0 Å². The molecular weight excluding hydrogens is 378 g/mol. The number of carbonyl (C=O) groups excluding carboxylic acids is 3. The lowest BCUT2D eigenvalue weighted by Gasteiger charge is -2.10. The summed E-state index contributed by atoms with van der Waals surface area (Å²) in [6.07, 6.45) is 10.5. The first kappa shape index (κ1) is 22.4. The van der Waals surface area contributed by atoms with E-state index in [9.17, 15) is 19.5 Å². The van der Waals surface area contributed by atoms with Gasteiger partial charge in [0, 0.05) is 17.3 Å². The fourth-order valence-electron chi connectivity index (χ4n) is 3.54. The largest absolute Gasteiger partial charge is 0.550 e. The van der Waals surface area contributed by atoms with Crippen molar-refractivity contribution in [2.75, 3.05) is 11.9 Å². The van der Waals surface area contributed by atoms with Crippen LogP contribution in [-0.4, -0.2) is 24.5 Å². The van der Waals surface area contributed by atoms with Crippen LogP contribution >= 0.6 is 11.3 Å². The molecule has 1 aromatic rings. The van der Waals surface area contributed by atoms with Gasteiger partial charge in [-0.1, -0.05) is 38.5 Å². The normalized spacial score (nSPS) is 15.6. The lowest BCUT2D eigenvalue weighted by atomic mass is 9.97. The van der Waals surface area contributed by atoms with E-state index in [1.807, 2.05) is 0 Å². The van der Waals surface area contributed by atoms with Crippen molar-refractivity contribution < 1.29 is 24.2 Å². The molecular formula is C21H30NO5S-. The van der Waals surface area contributed by atoms with Gasteiger partial charge in [0.1, 0.15) is 5.00 Å². The van der Waals surface area contributed by atoms with Gasteiger partial charge in [0.15, 0.2) is 0 Å². The van der Waals surface area contributed by atoms with E-state index in [-0.39, 0.29) is 19.4 Å². The summed E-state index contributed by atoms with van der Waals surface area (Å²) in [5.74, 6) is -2.10. The van der Waals surface area contributed by atoms with E-state index in [0.717, 1.165) is 42.5 Å². The molecule has 0 bridgehead atoms. The Hall–Kier alpha value is -1.89. The van der Waals surface area contributed by atoms with Crippen molar-refractivity contribution in [3.8, 4) is 0 Å². The van der Waals surface area contributed by atoms with Gasteiger partial charge >= 0.3 is 5.97 Å². The maximum Gasteiger partial charge on any atom is 0.341 e. The third-order valence-corrected chi connectivity index (χ3v) is 6.17. The van der Waals surface area contributed by atoms with E-state index in [1.165, 1.54) is 43.4 Å². The molecule has 1 N–H and O–H groups in total. The van der Waals surface area contributed by atoms with Crippen LogP contribution in [0.5, 0.6) is 0 Å². The summed E-state index contributed by atoms with van der Waals surface area (Å²) in [4.78, 5) is 36.6. The number of thiophene rings is 1. The zero-order chi connectivity index (χ0) is 20.4. The van der Waals surface area contributed by atoms with Crippen molar-refractivity contribution in [2.24, 2.45) is 0 Å². The van der Waals surface area contributed by atoms with Crippen molar-refractivity contribution in [3.63, 3.8) is 0 Å². The fourth-order valence-corrected chi connectivity index (χ4v) is 4.83. The second-order valence-electron chi connectivity index (χ2n) is 7.18. The van der Waals surface area contributed by atoms with Gasteiger partial charge in [0.05, 0.1) is 12.2 Å². The Labute approximate surface area is 170 Å². The van der Waals surface area contributed by atoms with Gasteiger partial charge in [-0.2, -0.15) is 0 Å².